The van der Waals surface area contributed by atoms with Crippen molar-refractivity contribution in [2.24, 2.45) is 29.1 Å². The molecule has 8 atom stereocenters. The van der Waals surface area contributed by atoms with E-state index in [4.69, 9.17) is 4.74 Å². The van der Waals surface area contributed by atoms with Crippen LogP contribution in [0.1, 0.15) is 66.7 Å². The zero-order valence-corrected chi connectivity index (χ0v) is 22.9. The molecule has 0 aromatic heterocycles. The molecule has 33 heavy (non-hydrogen) atoms. The van der Waals surface area contributed by atoms with Gasteiger partial charge in [0.05, 0.1) is 23.7 Å². The van der Waals surface area contributed by atoms with Crippen molar-refractivity contribution < 1.29 is 64.3 Å². The molecule has 0 aliphatic heterocycles. The summed E-state index contributed by atoms with van der Waals surface area (Å²) in [5, 5.41) is 40.8. The number of fused-ring (bicyclic) bond motifs is 1. The number of rotatable bonds is 10. The summed E-state index contributed by atoms with van der Waals surface area (Å²) in [5.41, 5.74) is 0.118. The van der Waals surface area contributed by atoms with Crippen LogP contribution in [0.25, 0.3) is 0 Å². The molecule has 0 radical (unpaired) electrons. The number of esters is 1. The van der Waals surface area contributed by atoms with E-state index in [1.807, 2.05) is 0 Å². The summed E-state index contributed by atoms with van der Waals surface area (Å²) in [7, 11) is 0. The first-order chi connectivity index (χ1) is 14.8. The third-order valence-corrected chi connectivity index (χ3v) is 7.20. The van der Waals surface area contributed by atoms with Crippen LogP contribution >= 0.6 is 0 Å². The van der Waals surface area contributed by atoms with Crippen molar-refractivity contribution in [3.8, 4) is 0 Å². The van der Waals surface area contributed by atoms with Crippen LogP contribution in [0, 0.1) is 29.1 Å². The molecule has 0 fully saturated rings. The van der Waals surface area contributed by atoms with Gasteiger partial charge < -0.3 is 30.0 Å². The van der Waals surface area contributed by atoms with Gasteiger partial charge in [0, 0.05) is 18.3 Å². The monoisotopic (exact) mass is 474 g/mol. The van der Waals surface area contributed by atoms with Crippen LogP contribution in [-0.4, -0.2) is 51.7 Å². The Morgan fingerprint density at radius 3 is 2.42 bits per heavy atom. The average Bonchev–Trinajstić information content (AvgIpc) is 2.66. The molecule has 8 heteroatoms. The summed E-state index contributed by atoms with van der Waals surface area (Å²) in [6, 6.07) is 0. The number of ether oxygens (including phenoxy) is 1. The molecular weight excluding hydrogens is 435 g/mol. The maximum absolute atomic E-state index is 12.9. The van der Waals surface area contributed by atoms with Gasteiger partial charge >= 0.3 is 35.5 Å². The Morgan fingerprint density at radius 1 is 1.21 bits per heavy atom. The predicted octanol–water partition coefficient (Wildman–Crippen LogP) is -1.25. The summed E-state index contributed by atoms with van der Waals surface area (Å²) in [4.78, 5) is 23.5. The second-order valence-electron chi connectivity index (χ2n) is 10.3. The van der Waals surface area contributed by atoms with Crippen molar-refractivity contribution in [1.82, 2.24) is 0 Å². The first-order valence-electron chi connectivity index (χ1n) is 11.7. The molecule has 0 saturated heterocycles. The number of aliphatic carboxylic acids is 1. The van der Waals surface area contributed by atoms with Gasteiger partial charge in [-0.05, 0) is 69.8 Å². The van der Waals surface area contributed by atoms with Crippen LogP contribution in [0.3, 0.4) is 0 Å². The Bertz CT molecular complexity index is 730. The molecule has 0 aromatic carbocycles. The fourth-order valence-electron chi connectivity index (χ4n) is 4.77. The van der Waals surface area contributed by atoms with E-state index in [1.165, 1.54) is 0 Å². The molecule has 0 heterocycles. The number of aliphatic hydroxyl groups is 3. The van der Waals surface area contributed by atoms with Gasteiger partial charge in [-0.2, -0.15) is 0 Å². The summed E-state index contributed by atoms with van der Waals surface area (Å²) < 4.78 is 6.00. The number of carboxylic acids is 1. The zero-order chi connectivity index (χ0) is 24.2. The van der Waals surface area contributed by atoms with E-state index in [-0.39, 0.29) is 65.8 Å². The first-order valence-corrected chi connectivity index (χ1v) is 11.7. The number of hydrogen-bond acceptors (Lipinski definition) is 7. The molecule has 2 rings (SSSR count). The number of aliphatic hydroxyl groups excluding tert-OH is 3. The second kappa shape index (κ2) is 12.8. The molecule has 2 aliphatic rings. The Labute approximate surface area is 219 Å². The number of carbonyl (C=O) groups is 2. The molecule has 3 N–H and O–H groups in total. The summed E-state index contributed by atoms with van der Waals surface area (Å²) in [5.74, 6) is -1.20. The van der Waals surface area contributed by atoms with Gasteiger partial charge in [-0.25, -0.2) is 0 Å². The first kappa shape index (κ1) is 30.3. The van der Waals surface area contributed by atoms with E-state index >= 15 is 0 Å². The third kappa shape index (κ3) is 8.18. The molecule has 0 spiro atoms. The van der Waals surface area contributed by atoms with E-state index in [1.54, 1.807) is 20.8 Å². The second-order valence-corrected chi connectivity index (χ2v) is 10.3. The molecule has 0 saturated carbocycles. The Kier molecular flexibility index (Phi) is 11.8. The van der Waals surface area contributed by atoms with Gasteiger partial charge in [-0.15, -0.1) is 0 Å². The van der Waals surface area contributed by atoms with Crippen LogP contribution in [-0.2, 0) is 14.3 Å². The van der Waals surface area contributed by atoms with Crippen molar-refractivity contribution in [3.05, 3.63) is 23.8 Å². The largest absolute Gasteiger partial charge is 1.00 e. The van der Waals surface area contributed by atoms with Crippen molar-refractivity contribution in [3.63, 3.8) is 0 Å². The van der Waals surface area contributed by atoms with Crippen molar-refractivity contribution in [1.29, 1.82) is 0 Å². The molecule has 0 aromatic rings. The molecule has 2 aliphatic carbocycles. The van der Waals surface area contributed by atoms with Gasteiger partial charge in [0.1, 0.15) is 6.10 Å². The fourth-order valence-corrected chi connectivity index (χ4v) is 4.77. The van der Waals surface area contributed by atoms with E-state index in [0.29, 0.717) is 19.3 Å². The Balaban J connectivity index is 0.00000544. The quantitative estimate of drug-likeness (QED) is 0.267. The number of allylic oxidation sites excluding steroid dienone is 3. The molecule has 1 unspecified atom stereocenters. The number of hydrogen-bond donors (Lipinski definition) is 3. The van der Waals surface area contributed by atoms with E-state index in [9.17, 15) is 30.0 Å². The molecule has 0 amide bonds. The van der Waals surface area contributed by atoms with Crippen molar-refractivity contribution in [2.45, 2.75) is 91.1 Å². The summed E-state index contributed by atoms with van der Waals surface area (Å²) >= 11 is 0. The SMILES string of the molecule is CC(O)C(C)(C)C(=O)O[C@H]1C[C@@H](C)C=C2C=C[C@H](C)[C@H](CC[C@@H](O)C[C@@H](O)CC(=O)[O-])[C@H]21.[Na+]. The Hall–Kier alpha value is -0.700. The maximum atomic E-state index is 12.9. The minimum atomic E-state index is -1.34. The van der Waals surface area contributed by atoms with Crippen molar-refractivity contribution >= 4 is 11.9 Å². The number of carboxylic acid groups (broad SMARTS) is 1. The molecule has 182 valence electrons. The zero-order valence-electron chi connectivity index (χ0n) is 20.9. The summed E-state index contributed by atoms with van der Waals surface area (Å²) in [6.45, 7) is 9.13. The third-order valence-electron chi connectivity index (χ3n) is 7.20. The van der Waals surface area contributed by atoms with Crippen LogP contribution in [0.5, 0.6) is 0 Å². The molecular formula is C25H39NaO7. The molecule has 7 nitrogen and oxygen atoms in total. The van der Waals surface area contributed by atoms with Gasteiger partial charge in [0.2, 0.25) is 0 Å². The number of carbonyl (C=O) groups excluding carboxylic acids is 2. The standard InChI is InChI=1S/C25H40O7.Na/c1-14-10-17-7-6-15(2)20(9-8-18(27)12-19(28)13-22(29)30)23(17)21(11-14)32-24(31)25(4,5)16(3)26;/h6-7,10,14-16,18-21,23,26-28H,8-9,11-13H2,1-5H3,(H,29,30);/q;+1/p-1/t14-,15-,16?,18+,19+,20-,21-,23-;/m0./s1. The van der Waals surface area contributed by atoms with Gasteiger partial charge in [-0.1, -0.05) is 32.1 Å². The predicted molar refractivity (Wildman–Crippen MR) is 118 cm³/mol. The van der Waals surface area contributed by atoms with E-state index < -0.39 is 42.1 Å². The van der Waals surface area contributed by atoms with E-state index in [2.05, 4.69) is 32.1 Å². The van der Waals surface area contributed by atoms with Crippen molar-refractivity contribution in [2.75, 3.05) is 0 Å². The Morgan fingerprint density at radius 2 is 1.85 bits per heavy atom. The average molecular weight is 475 g/mol. The van der Waals surface area contributed by atoms with Crippen LogP contribution in [0.2, 0.25) is 0 Å². The minimum absolute atomic E-state index is 0. The topological polar surface area (TPSA) is 127 Å². The van der Waals surface area contributed by atoms with E-state index in [0.717, 1.165) is 5.57 Å². The smallest absolute Gasteiger partial charge is 0.550 e. The van der Waals surface area contributed by atoms with Gasteiger partial charge in [-0.3, -0.25) is 4.79 Å². The molecule has 0 bridgehead atoms. The maximum Gasteiger partial charge on any atom is 1.00 e. The van der Waals surface area contributed by atoms with Gasteiger partial charge in [0.25, 0.3) is 0 Å². The fraction of sp³-hybridized carbons (Fsp3) is 0.760. The summed E-state index contributed by atoms with van der Waals surface area (Å²) in [6.07, 6.45) is 4.56. The van der Waals surface area contributed by atoms with Crippen LogP contribution in [0.15, 0.2) is 23.8 Å². The van der Waals surface area contributed by atoms with Crippen LogP contribution in [0.4, 0.5) is 0 Å². The normalized spacial score (nSPS) is 29.7. The minimum Gasteiger partial charge on any atom is -0.550 e. The van der Waals surface area contributed by atoms with Gasteiger partial charge in [0.15, 0.2) is 0 Å². The van der Waals surface area contributed by atoms with Crippen LogP contribution < -0.4 is 34.7 Å².